The van der Waals surface area contributed by atoms with E-state index in [9.17, 15) is 4.79 Å². The van der Waals surface area contributed by atoms with Crippen molar-refractivity contribution in [3.8, 4) is 0 Å². The van der Waals surface area contributed by atoms with Gasteiger partial charge in [0.05, 0.1) is 12.4 Å². The van der Waals surface area contributed by atoms with Crippen LogP contribution in [-0.2, 0) is 0 Å². The first-order valence-corrected chi connectivity index (χ1v) is 8.15. The van der Waals surface area contributed by atoms with E-state index >= 15 is 0 Å². The Hall–Kier alpha value is -1.95. The summed E-state index contributed by atoms with van der Waals surface area (Å²) in [7, 11) is 0. The van der Waals surface area contributed by atoms with Gasteiger partial charge in [0, 0.05) is 16.2 Å². The van der Waals surface area contributed by atoms with Crippen LogP contribution in [0.25, 0.3) is 0 Å². The third-order valence-corrected chi connectivity index (χ3v) is 4.17. The zero-order chi connectivity index (χ0) is 15.4. The van der Waals surface area contributed by atoms with Gasteiger partial charge in [-0.05, 0) is 31.0 Å². The monoisotopic (exact) mass is 360 g/mol. The topological polar surface area (TPSA) is 66.9 Å². The maximum Gasteiger partial charge on any atom is 0.271 e. The molecule has 114 valence electrons. The van der Waals surface area contributed by atoms with E-state index in [-0.39, 0.29) is 11.9 Å². The van der Waals surface area contributed by atoms with Gasteiger partial charge in [-0.3, -0.25) is 4.79 Å². The fourth-order valence-electron chi connectivity index (χ4n) is 2.55. The Labute approximate surface area is 137 Å². The second-order valence-electron chi connectivity index (χ2n) is 5.38. The van der Waals surface area contributed by atoms with Crippen LogP contribution in [0.3, 0.4) is 0 Å². The lowest BCUT2D eigenvalue weighted by molar-refractivity contribution is 0.0932. The molecule has 6 heteroatoms. The first-order chi connectivity index (χ1) is 10.7. The second-order valence-corrected chi connectivity index (χ2v) is 6.29. The molecule has 1 fully saturated rings. The van der Waals surface area contributed by atoms with Crippen molar-refractivity contribution in [2.24, 2.45) is 0 Å². The molecule has 2 N–H and O–H groups in total. The molecule has 1 aliphatic rings. The van der Waals surface area contributed by atoms with Crippen LogP contribution in [0.1, 0.15) is 36.2 Å². The molecule has 1 heterocycles. The van der Waals surface area contributed by atoms with Crippen LogP contribution in [0.15, 0.2) is 41.1 Å². The van der Waals surface area contributed by atoms with E-state index in [2.05, 4.69) is 36.5 Å². The van der Waals surface area contributed by atoms with Gasteiger partial charge in [0.15, 0.2) is 0 Å². The number of rotatable bonds is 4. The number of amides is 1. The molecule has 0 bridgehead atoms. The maximum atomic E-state index is 12.1. The highest BCUT2D eigenvalue weighted by molar-refractivity contribution is 9.10. The number of carbonyl (C=O) groups excluding carboxylic acids is 1. The Bertz CT molecular complexity index is 653. The van der Waals surface area contributed by atoms with E-state index in [4.69, 9.17) is 0 Å². The van der Waals surface area contributed by atoms with Gasteiger partial charge >= 0.3 is 0 Å². The molecule has 0 saturated heterocycles. The van der Waals surface area contributed by atoms with Gasteiger partial charge in [-0.1, -0.05) is 34.8 Å². The summed E-state index contributed by atoms with van der Waals surface area (Å²) in [5.74, 6) is 0.462. The zero-order valence-electron chi connectivity index (χ0n) is 12.1. The summed E-state index contributed by atoms with van der Waals surface area (Å²) >= 11 is 3.42. The Morgan fingerprint density at radius 2 is 2.00 bits per heavy atom. The number of aromatic nitrogens is 2. The molecule has 0 unspecified atom stereocenters. The van der Waals surface area contributed by atoms with E-state index in [0.29, 0.717) is 11.5 Å². The van der Waals surface area contributed by atoms with Gasteiger partial charge in [0.25, 0.3) is 5.91 Å². The number of anilines is 2. The van der Waals surface area contributed by atoms with Crippen LogP contribution in [-0.4, -0.2) is 21.9 Å². The van der Waals surface area contributed by atoms with Crippen LogP contribution in [0.2, 0.25) is 0 Å². The van der Waals surface area contributed by atoms with Crippen LogP contribution in [0.5, 0.6) is 0 Å². The summed E-state index contributed by atoms with van der Waals surface area (Å²) in [5, 5.41) is 6.15. The van der Waals surface area contributed by atoms with Crippen molar-refractivity contribution in [2.75, 3.05) is 5.32 Å². The molecule has 1 aliphatic carbocycles. The second kappa shape index (κ2) is 6.87. The smallest absolute Gasteiger partial charge is 0.271 e. The molecule has 2 aromatic rings. The summed E-state index contributed by atoms with van der Waals surface area (Å²) in [5.41, 5.74) is 1.26. The van der Waals surface area contributed by atoms with Crippen molar-refractivity contribution < 1.29 is 4.79 Å². The number of nitrogens with one attached hydrogen (secondary N) is 2. The third-order valence-electron chi connectivity index (χ3n) is 3.67. The SMILES string of the molecule is O=C(NC1CCCC1)c1cnc(Nc2cccc(Br)c2)cn1. The van der Waals surface area contributed by atoms with E-state index in [1.54, 1.807) is 6.20 Å². The first-order valence-electron chi connectivity index (χ1n) is 7.36. The molecule has 22 heavy (non-hydrogen) atoms. The minimum absolute atomic E-state index is 0.145. The molecule has 0 aliphatic heterocycles. The summed E-state index contributed by atoms with van der Waals surface area (Å²) in [6.07, 6.45) is 7.57. The molecule has 3 rings (SSSR count). The molecule has 1 saturated carbocycles. The molecule has 0 atom stereocenters. The number of carbonyl (C=O) groups is 1. The standard InChI is InChI=1S/C16H17BrN4O/c17-11-4-3-7-13(8-11)20-15-10-18-14(9-19-15)16(22)21-12-5-1-2-6-12/h3-4,7-10,12H,1-2,5-6H2,(H,19,20)(H,21,22). The minimum Gasteiger partial charge on any atom is -0.348 e. The highest BCUT2D eigenvalue weighted by atomic mass is 79.9. The Morgan fingerprint density at radius 3 is 2.68 bits per heavy atom. The average Bonchev–Trinajstić information content (AvgIpc) is 3.01. The number of halogens is 1. The summed E-state index contributed by atoms with van der Waals surface area (Å²) in [4.78, 5) is 20.5. The Morgan fingerprint density at radius 1 is 1.18 bits per heavy atom. The summed E-state index contributed by atoms with van der Waals surface area (Å²) < 4.78 is 0.984. The van der Waals surface area contributed by atoms with Crippen LogP contribution in [0.4, 0.5) is 11.5 Å². The highest BCUT2D eigenvalue weighted by Crippen LogP contribution is 2.19. The molecule has 1 aromatic heterocycles. The number of hydrogen-bond donors (Lipinski definition) is 2. The Balaban J connectivity index is 1.63. The normalized spacial score (nSPS) is 14.8. The minimum atomic E-state index is -0.145. The van der Waals surface area contributed by atoms with E-state index in [1.165, 1.54) is 19.0 Å². The van der Waals surface area contributed by atoms with Crippen molar-refractivity contribution in [3.63, 3.8) is 0 Å². The van der Waals surface area contributed by atoms with Crippen molar-refractivity contribution in [2.45, 2.75) is 31.7 Å². The van der Waals surface area contributed by atoms with Gasteiger partial charge in [-0.15, -0.1) is 0 Å². The molecule has 0 spiro atoms. The van der Waals surface area contributed by atoms with Gasteiger partial charge < -0.3 is 10.6 Å². The van der Waals surface area contributed by atoms with Crippen molar-refractivity contribution >= 4 is 33.3 Å². The van der Waals surface area contributed by atoms with Gasteiger partial charge in [0.1, 0.15) is 11.5 Å². The van der Waals surface area contributed by atoms with Crippen molar-refractivity contribution in [3.05, 3.63) is 46.8 Å². The number of nitrogens with zero attached hydrogens (tertiary/aromatic N) is 2. The van der Waals surface area contributed by atoms with Gasteiger partial charge in [-0.2, -0.15) is 0 Å². The van der Waals surface area contributed by atoms with E-state index < -0.39 is 0 Å². The van der Waals surface area contributed by atoms with Crippen LogP contribution in [0, 0.1) is 0 Å². The lowest BCUT2D eigenvalue weighted by Crippen LogP contribution is -2.33. The molecule has 5 nitrogen and oxygen atoms in total. The first kappa shape index (κ1) is 15.0. The highest BCUT2D eigenvalue weighted by Gasteiger charge is 2.18. The van der Waals surface area contributed by atoms with Crippen molar-refractivity contribution in [1.29, 1.82) is 0 Å². The predicted octanol–water partition coefficient (Wildman–Crippen LogP) is 3.66. The molecular weight excluding hydrogens is 344 g/mol. The fourth-order valence-corrected chi connectivity index (χ4v) is 2.95. The third kappa shape index (κ3) is 3.82. The quantitative estimate of drug-likeness (QED) is 0.872. The molecule has 1 amide bonds. The zero-order valence-corrected chi connectivity index (χ0v) is 13.6. The van der Waals surface area contributed by atoms with Crippen molar-refractivity contribution in [1.82, 2.24) is 15.3 Å². The molecule has 0 radical (unpaired) electrons. The molecule has 1 aromatic carbocycles. The lowest BCUT2D eigenvalue weighted by Gasteiger charge is -2.11. The van der Waals surface area contributed by atoms with Crippen LogP contribution < -0.4 is 10.6 Å². The fraction of sp³-hybridized carbons (Fsp3) is 0.312. The summed E-state index contributed by atoms with van der Waals surface area (Å²) in [6.45, 7) is 0. The molecular formula is C16H17BrN4O. The average molecular weight is 361 g/mol. The maximum absolute atomic E-state index is 12.1. The lowest BCUT2D eigenvalue weighted by atomic mass is 10.2. The van der Waals surface area contributed by atoms with Crippen LogP contribution >= 0.6 is 15.9 Å². The Kier molecular flexibility index (Phi) is 4.68. The summed E-state index contributed by atoms with van der Waals surface area (Å²) in [6, 6.07) is 8.06. The van der Waals surface area contributed by atoms with Gasteiger partial charge in [-0.25, -0.2) is 9.97 Å². The largest absolute Gasteiger partial charge is 0.348 e. The predicted molar refractivity (Wildman–Crippen MR) is 89.2 cm³/mol. The van der Waals surface area contributed by atoms with E-state index in [0.717, 1.165) is 23.0 Å². The number of benzene rings is 1. The van der Waals surface area contributed by atoms with Gasteiger partial charge in [0.2, 0.25) is 0 Å². The van der Waals surface area contributed by atoms with E-state index in [1.807, 2.05) is 24.3 Å². The number of hydrogen-bond acceptors (Lipinski definition) is 4.